The van der Waals surface area contributed by atoms with Crippen LogP contribution in [-0.4, -0.2) is 47.4 Å². The van der Waals surface area contributed by atoms with Crippen LogP contribution in [-0.2, 0) is 4.74 Å². The molecule has 3 aromatic carbocycles. The van der Waals surface area contributed by atoms with Crippen molar-refractivity contribution in [1.29, 1.82) is 0 Å². The number of carbonyl (C=O) groups excluding carboxylic acids is 1. The van der Waals surface area contributed by atoms with Crippen LogP contribution >= 0.6 is 0 Å². The molecular weight excluding hydrogens is 562 g/mol. The maximum absolute atomic E-state index is 13.1. The zero-order chi connectivity index (χ0) is 31.6. The monoisotopic (exact) mass is 599 g/mol. The molecule has 0 spiro atoms. The van der Waals surface area contributed by atoms with Crippen LogP contribution in [0.3, 0.4) is 0 Å². The molecule has 0 unspecified atom stereocenters. The number of hydrogen-bond acceptors (Lipinski definition) is 9. The van der Waals surface area contributed by atoms with E-state index in [0.717, 1.165) is 56.4 Å². The second-order valence-electron chi connectivity index (χ2n) is 10.6. The first-order chi connectivity index (χ1) is 21.3. The Morgan fingerprint density at radius 2 is 1.45 bits per heavy atom. The molecule has 0 N–H and O–H groups in total. The summed E-state index contributed by atoms with van der Waals surface area (Å²) in [4.78, 5) is 37.8. The van der Waals surface area contributed by atoms with Crippen LogP contribution in [0.5, 0.6) is 0 Å². The van der Waals surface area contributed by atoms with E-state index in [2.05, 4.69) is 29.0 Å². The SMILES string of the molecule is CCCCOC(=O)c1cc([N+](=O)[O-])cc2c1-c1ccc([N+](=O)[O-])cc1/C2=N\N=C\c1ccc(N(CCCC)CCCC)cc1. The predicted molar refractivity (Wildman–Crippen MR) is 172 cm³/mol. The summed E-state index contributed by atoms with van der Waals surface area (Å²) in [5, 5.41) is 32.1. The number of anilines is 1. The predicted octanol–water partition coefficient (Wildman–Crippen LogP) is 7.72. The van der Waals surface area contributed by atoms with E-state index >= 15 is 0 Å². The standard InChI is InChI=1S/C33H37N5O6/c1-4-7-16-36(17-8-5-2)24-12-10-23(11-13-24)22-34-35-32-28-19-25(37(40)41)14-15-27(28)31-29(32)20-26(38(42)43)21-30(31)33(39)44-18-9-6-3/h10-15,19-22H,4-9,16-18H2,1-3H3/b34-22+,35-32+. The lowest BCUT2D eigenvalue weighted by atomic mass is 9.98. The normalized spacial score (nSPS) is 12.8. The minimum absolute atomic E-state index is 0.000810. The van der Waals surface area contributed by atoms with E-state index in [1.54, 1.807) is 6.21 Å². The fourth-order valence-electron chi connectivity index (χ4n) is 5.06. The number of non-ortho nitro benzene ring substituents is 2. The smallest absolute Gasteiger partial charge is 0.339 e. The number of ether oxygens (including phenoxy) is 1. The maximum Gasteiger partial charge on any atom is 0.339 e. The number of nitro groups is 2. The van der Waals surface area contributed by atoms with Crippen LogP contribution in [0.4, 0.5) is 17.1 Å². The lowest BCUT2D eigenvalue weighted by Gasteiger charge is -2.24. The van der Waals surface area contributed by atoms with Gasteiger partial charge in [-0.2, -0.15) is 5.10 Å². The zero-order valence-electron chi connectivity index (χ0n) is 25.3. The highest BCUT2D eigenvalue weighted by molar-refractivity contribution is 6.27. The zero-order valence-corrected chi connectivity index (χ0v) is 25.3. The van der Waals surface area contributed by atoms with Crippen molar-refractivity contribution in [1.82, 2.24) is 0 Å². The van der Waals surface area contributed by atoms with Crippen LogP contribution in [0.1, 0.15) is 86.3 Å². The van der Waals surface area contributed by atoms with Crippen molar-refractivity contribution in [2.75, 3.05) is 24.6 Å². The highest BCUT2D eigenvalue weighted by Gasteiger charge is 2.34. The van der Waals surface area contributed by atoms with Crippen LogP contribution in [0.15, 0.2) is 64.8 Å². The van der Waals surface area contributed by atoms with Gasteiger partial charge in [0.15, 0.2) is 0 Å². The number of unbranched alkanes of at least 4 members (excludes halogenated alkanes) is 3. The Kier molecular flexibility index (Phi) is 10.9. The van der Waals surface area contributed by atoms with Crippen LogP contribution in [0.25, 0.3) is 11.1 Å². The van der Waals surface area contributed by atoms with E-state index < -0.39 is 15.8 Å². The quantitative estimate of drug-likeness (QED) is 0.0448. The fourth-order valence-corrected chi connectivity index (χ4v) is 5.06. The van der Waals surface area contributed by atoms with E-state index in [1.165, 1.54) is 30.3 Å². The van der Waals surface area contributed by atoms with Crippen molar-refractivity contribution in [2.24, 2.45) is 10.2 Å². The van der Waals surface area contributed by atoms with E-state index in [1.807, 2.05) is 31.2 Å². The Hall–Kier alpha value is -4.93. The van der Waals surface area contributed by atoms with Gasteiger partial charge in [0.2, 0.25) is 0 Å². The molecule has 0 saturated carbocycles. The van der Waals surface area contributed by atoms with Gasteiger partial charge in [-0.15, -0.1) is 5.10 Å². The number of benzene rings is 3. The summed E-state index contributed by atoms with van der Waals surface area (Å²) in [7, 11) is 0. The number of hydrogen-bond donors (Lipinski definition) is 0. The molecule has 0 fully saturated rings. The Bertz CT molecular complexity index is 1570. The number of nitrogens with zero attached hydrogens (tertiary/aromatic N) is 5. The molecule has 0 amide bonds. The number of nitro benzene ring substituents is 2. The summed E-state index contributed by atoms with van der Waals surface area (Å²) >= 11 is 0. The Labute approximate surface area is 256 Å². The average molecular weight is 600 g/mol. The van der Waals surface area contributed by atoms with E-state index in [4.69, 9.17) is 4.74 Å². The van der Waals surface area contributed by atoms with Gasteiger partial charge < -0.3 is 9.64 Å². The van der Waals surface area contributed by atoms with Crippen molar-refractivity contribution < 1.29 is 19.4 Å². The molecule has 4 rings (SSSR count). The third kappa shape index (κ3) is 7.34. The molecular formula is C33H37N5O6. The van der Waals surface area contributed by atoms with Crippen molar-refractivity contribution >= 4 is 35.0 Å². The largest absolute Gasteiger partial charge is 0.462 e. The highest BCUT2D eigenvalue weighted by atomic mass is 16.6. The number of fused-ring (bicyclic) bond motifs is 3. The number of rotatable bonds is 15. The van der Waals surface area contributed by atoms with Gasteiger partial charge >= 0.3 is 5.97 Å². The maximum atomic E-state index is 13.1. The first kappa shape index (κ1) is 32.0. The first-order valence-electron chi connectivity index (χ1n) is 15.0. The minimum Gasteiger partial charge on any atom is -0.462 e. The molecule has 230 valence electrons. The van der Waals surface area contributed by atoms with Gasteiger partial charge in [0, 0.05) is 59.7 Å². The molecule has 0 bridgehead atoms. The highest BCUT2D eigenvalue weighted by Crippen LogP contribution is 2.43. The molecule has 1 aliphatic carbocycles. The van der Waals surface area contributed by atoms with Gasteiger partial charge in [-0.25, -0.2) is 4.79 Å². The van der Waals surface area contributed by atoms with Crippen LogP contribution < -0.4 is 4.90 Å². The molecule has 11 nitrogen and oxygen atoms in total. The van der Waals surface area contributed by atoms with Crippen LogP contribution in [0.2, 0.25) is 0 Å². The molecule has 0 atom stereocenters. The third-order valence-electron chi connectivity index (χ3n) is 7.46. The van der Waals surface area contributed by atoms with Gasteiger partial charge in [0.1, 0.15) is 5.71 Å². The Morgan fingerprint density at radius 3 is 2.07 bits per heavy atom. The lowest BCUT2D eigenvalue weighted by Crippen LogP contribution is -2.25. The van der Waals surface area contributed by atoms with Crippen molar-refractivity contribution in [3.63, 3.8) is 0 Å². The van der Waals surface area contributed by atoms with Crippen LogP contribution in [0, 0.1) is 20.2 Å². The summed E-state index contributed by atoms with van der Waals surface area (Å²) in [6, 6.07) is 14.7. The topological polar surface area (TPSA) is 141 Å². The first-order valence-corrected chi connectivity index (χ1v) is 15.0. The third-order valence-corrected chi connectivity index (χ3v) is 7.46. The van der Waals surface area contributed by atoms with Crippen molar-refractivity contribution in [2.45, 2.75) is 59.3 Å². The second kappa shape index (κ2) is 15.0. The minimum atomic E-state index is -0.709. The number of carbonyl (C=O) groups is 1. The van der Waals surface area contributed by atoms with Gasteiger partial charge in [0.05, 0.1) is 28.2 Å². The van der Waals surface area contributed by atoms with Crippen molar-refractivity contribution in [3.05, 3.63) is 97.1 Å². The molecule has 0 radical (unpaired) electrons. The van der Waals surface area contributed by atoms with E-state index in [-0.39, 0.29) is 34.8 Å². The molecule has 0 heterocycles. The van der Waals surface area contributed by atoms with Crippen molar-refractivity contribution in [3.8, 4) is 11.1 Å². The Balaban J connectivity index is 1.74. The Morgan fingerprint density at radius 1 is 0.818 bits per heavy atom. The molecule has 1 aliphatic rings. The van der Waals surface area contributed by atoms with E-state index in [0.29, 0.717) is 23.1 Å². The molecule has 44 heavy (non-hydrogen) atoms. The fraction of sp³-hybridized carbons (Fsp3) is 0.364. The molecule has 3 aromatic rings. The molecule has 0 saturated heterocycles. The molecule has 0 aliphatic heterocycles. The summed E-state index contributed by atoms with van der Waals surface area (Å²) in [6.07, 6.45) is 7.47. The summed E-state index contributed by atoms with van der Waals surface area (Å²) in [6.45, 7) is 8.45. The van der Waals surface area contributed by atoms with Gasteiger partial charge in [-0.05, 0) is 48.6 Å². The summed E-state index contributed by atoms with van der Waals surface area (Å²) < 4.78 is 5.41. The average Bonchev–Trinajstić information content (AvgIpc) is 3.33. The summed E-state index contributed by atoms with van der Waals surface area (Å²) in [5.74, 6) is -0.709. The number of esters is 1. The van der Waals surface area contributed by atoms with Gasteiger partial charge in [-0.3, -0.25) is 20.2 Å². The lowest BCUT2D eigenvalue weighted by molar-refractivity contribution is -0.385. The molecule has 11 heteroatoms. The van der Waals surface area contributed by atoms with E-state index in [9.17, 15) is 25.0 Å². The molecule has 0 aromatic heterocycles. The van der Waals surface area contributed by atoms with Gasteiger partial charge in [-0.1, -0.05) is 52.2 Å². The van der Waals surface area contributed by atoms with Gasteiger partial charge in [0.25, 0.3) is 11.4 Å². The second-order valence-corrected chi connectivity index (χ2v) is 10.6. The summed E-state index contributed by atoms with van der Waals surface area (Å²) in [5.41, 5.74) is 3.12.